The van der Waals surface area contributed by atoms with Crippen molar-refractivity contribution in [2.24, 2.45) is 5.92 Å². The summed E-state index contributed by atoms with van der Waals surface area (Å²) >= 11 is 1.57. The van der Waals surface area contributed by atoms with Gasteiger partial charge in [-0.25, -0.2) is 13.8 Å². The second-order valence-corrected chi connectivity index (χ2v) is 8.01. The number of rotatable bonds is 3. The predicted molar refractivity (Wildman–Crippen MR) is 96.4 cm³/mol. The standard InChI is InChI=1S/C19H18F2N2O2S/c1-10-2-4-12-16(6-10)26-18-17(12)19(25)23(9-22-18)8-15(24)11-3-5-13(20)14(21)7-11/h3,5,7,9-10,15,24H,2,4,6,8H2,1H3/t10-,15+/m1/s1. The monoisotopic (exact) mass is 376 g/mol. The van der Waals surface area contributed by atoms with Gasteiger partial charge in [0, 0.05) is 4.88 Å². The number of aromatic nitrogens is 2. The fourth-order valence-electron chi connectivity index (χ4n) is 3.51. The molecule has 7 heteroatoms. The maximum atomic E-state index is 13.4. The van der Waals surface area contributed by atoms with E-state index in [0.29, 0.717) is 11.3 Å². The summed E-state index contributed by atoms with van der Waals surface area (Å²) in [5.41, 5.74) is 1.11. The van der Waals surface area contributed by atoms with Crippen LogP contribution in [0, 0.1) is 17.6 Å². The van der Waals surface area contributed by atoms with Gasteiger partial charge in [0.25, 0.3) is 5.56 Å². The molecule has 0 saturated carbocycles. The summed E-state index contributed by atoms with van der Waals surface area (Å²) in [4.78, 5) is 19.3. The van der Waals surface area contributed by atoms with Gasteiger partial charge < -0.3 is 5.11 Å². The summed E-state index contributed by atoms with van der Waals surface area (Å²) in [5, 5.41) is 11.0. The minimum Gasteiger partial charge on any atom is -0.387 e. The van der Waals surface area contributed by atoms with E-state index in [9.17, 15) is 18.7 Å². The normalized spacial score (nSPS) is 18.1. The minimum atomic E-state index is -1.13. The van der Waals surface area contributed by atoms with E-state index in [2.05, 4.69) is 11.9 Å². The van der Waals surface area contributed by atoms with Gasteiger partial charge in [-0.2, -0.15) is 0 Å². The summed E-state index contributed by atoms with van der Waals surface area (Å²) in [6, 6.07) is 3.23. The number of hydrogen-bond acceptors (Lipinski definition) is 4. The first-order valence-corrected chi connectivity index (χ1v) is 9.38. The van der Waals surface area contributed by atoms with Crippen molar-refractivity contribution in [2.75, 3.05) is 0 Å². The highest BCUT2D eigenvalue weighted by Gasteiger charge is 2.23. The van der Waals surface area contributed by atoms with Crippen LogP contribution >= 0.6 is 11.3 Å². The molecule has 2 heterocycles. The number of aliphatic hydroxyl groups excluding tert-OH is 1. The number of halogens is 2. The van der Waals surface area contributed by atoms with Crippen molar-refractivity contribution in [1.82, 2.24) is 9.55 Å². The van der Waals surface area contributed by atoms with Gasteiger partial charge in [-0.15, -0.1) is 11.3 Å². The Kier molecular flexibility index (Phi) is 4.36. The molecule has 0 saturated heterocycles. The van der Waals surface area contributed by atoms with E-state index >= 15 is 0 Å². The SMILES string of the molecule is C[C@@H]1CCc2c(sc3ncn(C[C@H](O)c4ccc(F)c(F)c4)c(=O)c23)C1. The topological polar surface area (TPSA) is 55.1 Å². The Bertz CT molecular complexity index is 1040. The molecular weight excluding hydrogens is 358 g/mol. The van der Waals surface area contributed by atoms with Gasteiger partial charge in [0.05, 0.1) is 24.4 Å². The van der Waals surface area contributed by atoms with Crippen molar-refractivity contribution in [3.8, 4) is 0 Å². The number of hydrogen-bond donors (Lipinski definition) is 1. The fourth-order valence-corrected chi connectivity index (χ4v) is 4.85. The third kappa shape index (κ3) is 2.95. The van der Waals surface area contributed by atoms with Crippen LogP contribution in [0.5, 0.6) is 0 Å². The molecule has 0 amide bonds. The van der Waals surface area contributed by atoms with Crippen molar-refractivity contribution >= 4 is 21.6 Å². The van der Waals surface area contributed by atoms with Crippen LogP contribution in [0.3, 0.4) is 0 Å². The number of benzene rings is 1. The smallest absolute Gasteiger partial charge is 0.262 e. The number of fused-ring (bicyclic) bond motifs is 3. The molecule has 1 aliphatic carbocycles. The zero-order valence-corrected chi connectivity index (χ0v) is 15.0. The van der Waals surface area contributed by atoms with E-state index in [1.54, 1.807) is 11.3 Å². The maximum Gasteiger partial charge on any atom is 0.262 e. The molecule has 4 nitrogen and oxygen atoms in total. The van der Waals surface area contributed by atoms with E-state index in [1.165, 1.54) is 21.8 Å². The molecule has 26 heavy (non-hydrogen) atoms. The molecule has 2 aromatic heterocycles. The van der Waals surface area contributed by atoms with E-state index in [1.807, 2.05) is 0 Å². The lowest BCUT2D eigenvalue weighted by Gasteiger charge is -2.17. The van der Waals surface area contributed by atoms with Crippen LogP contribution in [0.2, 0.25) is 0 Å². The molecule has 136 valence electrons. The van der Waals surface area contributed by atoms with Crippen molar-refractivity contribution in [3.63, 3.8) is 0 Å². The highest BCUT2D eigenvalue weighted by Crippen LogP contribution is 2.35. The van der Waals surface area contributed by atoms with Gasteiger partial charge in [-0.05, 0) is 48.4 Å². The maximum absolute atomic E-state index is 13.4. The molecule has 0 bridgehead atoms. The Morgan fingerprint density at radius 2 is 2.19 bits per heavy atom. The molecule has 0 aliphatic heterocycles. The molecule has 0 radical (unpaired) electrons. The van der Waals surface area contributed by atoms with Gasteiger partial charge in [-0.1, -0.05) is 13.0 Å². The Hall–Kier alpha value is -2.12. The largest absolute Gasteiger partial charge is 0.387 e. The molecule has 0 spiro atoms. The zero-order valence-electron chi connectivity index (χ0n) is 14.2. The lowest BCUT2D eigenvalue weighted by Crippen LogP contribution is -2.24. The average molecular weight is 376 g/mol. The molecule has 0 unspecified atom stereocenters. The van der Waals surface area contributed by atoms with E-state index in [0.717, 1.165) is 41.8 Å². The predicted octanol–water partition coefficient (Wildman–Crippen LogP) is 3.59. The lowest BCUT2D eigenvalue weighted by molar-refractivity contribution is 0.154. The highest BCUT2D eigenvalue weighted by molar-refractivity contribution is 7.18. The fraction of sp³-hybridized carbons (Fsp3) is 0.368. The van der Waals surface area contributed by atoms with Crippen LogP contribution < -0.4 is 5.56 Å². The number of aryl methyl sites for hydroxylation is 1. The molecule has 1 aliphatic rings. The Labute approximate surface area is 152 Å². The quantitative estimate of drug-likeness (QED) is 0.760. The molecule has 4 rings (SSSR count). The lowest BCUT2D eigenvalue weighted by atomic mass is 9.89. The average Bonchev–Trinajstić information content (AvgIpc) is 2.97. The summed E-state index contributed by atoms with van der Waals surface area (Å²) < 4.78 is 27.8. The summed E-state index contributed by atoms with van der Waals surface area (Å²) in [5.74, 6) is -1.39. The Balaban J connectivity index is 1.70. The molecule has 0 fully saturated rings. The third-order valence-corrected chi connectivity index (χ3v) is 6.14. The van der Waals surface area contributed by atoms with Gasteiger partial charge in [-0.3, -0.25) is 9.36 Å². The van der Waals surface area contributed by atoms with Crippen LogP contribution in [-0.4, -0.2) is 14.7 Å². The second-order valence-electron chi connectivity index (χ2n) is 6.92. The Morgan fingerprint density at radius 1 is 1.38 bits per heavy atom. The van der Waals surface area contributed by atoms with Crippen LogP contribution in [0.25, 0.3) is 10.2 Å². The molecular formula is C19H18F2N2O2S. The summed E-state index contributed by atoms with van der Waals surface area (Å²) in [6.45, 7) is 2.14. The van der Waals surface area contributed by atoms with Crippen molar-refractivity contribution in [3.05, 3.63) is 62.5 Å². The number of thiophene rings is 1. The zero-order chi connectivity index (χ0) is 18.4. The van der Waals surface area contributed by atoms with Crippen LogP contribution in [0.1, 0.15) is 35.5 Å². The van der Waals surface area contributed by atoms with E-state index in [-0.39, 0.29) is 17.7 Å². The molecule has 1 N–H and O–H groups in total. The van der Waals surface area contributed by atoms with Crippen molar-refractivity contribution < 1.29 is 13.9 Å². The van der Waals surface area contributed by atoms with Crippen LogP contribution in [0.15, 0.2) is 29.3 Å². The Morgan fingerprint density at radius 3 is 2.96 bits per heavy atom. The first-order chi connectivity index (χ1) is 12.4. The van der Waals surface area contributed by atoms with Gasteiger partial charge in [0.15, 0.2) is 11.6 Å². The molecule has 3 aromatic rings. The number of nitrogens with zero attached hydrogens (tertiary/aromatic N) is 2. The second kappa shape index (κ2) is 6.55. The van der Waals surface area contributed by atoms with E-state index in [4.69, 9.17) is 0 Å². The van der Waals surface area contributed by atoms with Gasteiger partial charge >= 0.3 is 0 Å². The first-order valence-electron chi connectivity index (χ1n) is 8.56. The van der Waals surface area contributed by atoms with E-state index < -0.39 is 17.7 Å². The molecule has 1 aromatic carbocycles. The third-order valence-electron chi connectivity index (χ3n) is 4.98. The highest BCUT2D eigenvalue weighted by atomic mass is 32.1. The number of aliphatic hydroxyl groups is 1. The van der Waals surface area contributed by atoms with Crippen LogP contribution in [-0.2, 0) is 19.4 Å². The first kappa shape index (κ1) is 17.3. The van der Waals surface area contributed by atoms with Crippen molar-refractivity contribution in [2.45, 2.75) is 38.8 Å². The minimum absolute atomic E-state index is 0.0616. The summed E-state index contributed by atoms with van der Waals surface area (Å²) in [6.07, 6.45) is 3.16. The summed E-state index contributed by atoms with van der Waals surface area (Å²) in [7, 11) is 0. The van der Waals surface area contributed by atoms with Gasteiger partial charge in [0.1, 0.15) is 4.83 Å². The van der Waals surface area contributed by atoms with Gasteiger partial charge in [0.2, 0.25) is 0 Å². The molecule has 2 atom stereocenters. The van der Waals surface area contributed by atoms with Crippen molar-refractivity contribution in [1.29, 1.82) is 0 Å². The van der Waals surface area contributed by atoms with Crippen LogP contribution in [0.4, 0.5) is 8.78 Å².